The van der Waals surface area contributed by atoms with Crippen LogP contribution in [-0.2, 0) is 12.8 Å². The molecule has 0 aliphatic rings. The predicted molar refractivity (Wildman–Crippen MR) is 109 cm³/mol. The Morgan fingerprint density at radius 1 is 0.963 bits per heavy atom. The van der Waals surface area contributed by atoms with Crippen LogP contribution in [0.1, 0.15) is 11.1 Å². The number of rotatable bonds is 9. The molecule has 0 radical (unpaired) electrons. The lowest BCUT2D eigenvalue weighted by atomic mass is 10.1. The third-order valence-corrected chi connectivity index (χ3v) is 4.27. The molecule has 2 N–H and O–H groups in total. The van der Waals surface area contributed by atoms with Crippen LogP contribution in [0.25, 0.3) is 0 Å². The number of anilines is 2. The Labute approximate surface area is 164 Å². The third-order valence-electron chi connectivity index (χ3n) is 4.02. The van der Waals surface area contributed by atoms with Gasteiger partial charge < -0.3 is 15.4 Å². The molecule has 0 aliphatic heterocycles. The van der Waals surface area contributed by atoms with E-state index in [1.165, 1.54) is 11.1 Å². The molecule has 1 heterocycles. The summed E-state index contributed by atoms with van der Waals surface area (Å²) in [6.07, 6.45) is 3.34. The summed E-state index contributed by atoms with van der Waals surface area (Å²) in [5.41, 5.74) is 2.40. The summed E-state index contributed by atoms with van der Waals surface area (Å²) >= 11 is 5.90. The van der Waals surface area contributed by atoms with E-state index in [0.29, 0.717) is 11.8 Å². The molecule has 0 aliphatic carbocycles. The number of hydrogen-bond acceptors (Lipinski definition) is 6. The van der Waals surface area contributed by atoms with Gasteiger partial charge in [-0.15, -0.1) is 5.10 Å². The van der Waals surface area contributed by atoms with E-state index >= 15 is 0 Å². The van der Waals surface area contributed by atoms with Gasteiger partial charge in [-0.3, -0.25) is 0 Å². The lowest BCUT2D eigenvalue weighted by molar-refractivity contribution is 0.414. The standard InChI is InChI=1S/C20H22ClN5O/c1-27-18-4-2-3-16(13-18)10-11-22-19-14-24-26-20(25-19)23-12-9-15-5-7-17(21)8-6-15/h2-8,13-14H,9-12H2,1H3,(H2,22,23,25,26). The van der Waals surface area contributed by atoms with Gasteiger partial charge in [0.05, 0.1) is 13.3 Å². The van der Waals surface area contributed by atoms with Crippen molar-refractivity contribution in [1.29, 1.82) is 0 Å². The van der Waals surface area contributed by atoms with Gasteiger partial charge in [-0.2, -0.15) is 10.1 Å². The topological polar surface area (TPSA) is 72.0 Å². The zero-order valence-corrected chi connectivity index (χ0v) is 15.9. The summed E-state index contributed by atoms with van der Waals surface area (Å²) < 4.78 is 5.24. The minimum Gasteiger partial charge on any atom is -0.497 e. The minimum absolute atomic E-state index is 0.510. The van der Waals surface area contributed by atoms with Crippen molar-refractivity contribution in [3.63, 3.8) is 0 Å². The molecule has 0 unspecified atom stereocenters. The molecule has 27 heavy (non-hydrogen) atoms. The molecular weight excluding hydrogens is 362 g/mol. The maximum absolute atomic E-state index is 5.90. The monoisotopic (exact) mass is 383 g/mol. The van der Waals surface area contributed by atoms with Crippen molar-refractivity contribution in [3.05, 3.63) is 70.9 Å². The second kappa shape index (κ2) is 9.73. The second-order valence-electron chi connectivity index (χ2n) is 6.00. The molecule has 6 nitrogen and oxygen atoms in total. The van der Waals surface area contributed by atoms with Crippen molar-refractivity contribution in [2.24, 2.45) is 0 Å². The van der Waals surface area contributed by atoms with Crippen LogP contribution in [0.3, 0.4) is 0 Å². The summed E-state index contributed by atoms with van der Waals surface area (Å²) in [7, 11) is 1.67. The SMILES string of the molecule is COc1cccc(CCNc2cnnc(NCCc3ccc(Cl)cc3)n2)c1. The fourth-order valence-electron chi connectivity index (χ4n) is 2.60. The first kappa shape index (κ1) is 18.9. The Kier molecular flexibility index (Phi) is 6.82. The van der Waals surface area contributed by atoms with Gasteiger partial charge in [0.15, 0.2) is 5.82 Å². The number of ether oxygens (including phenoxy) is 1. The van der Waals surface area contributed by atoms with E-state index in [-0.39, 0.29) is 0 Å². The molecule has 3 aromatic rings. The van der Waals surface area contributed by atoms with Gasteiger partial charge in [-0.1, -0.05) is 35.9 Å². The Bertz CT molecular complexity index is 857. The van der Waals surface area contributed by atoms with Crippen molar-refractivity contribution in [2.75, 3.05) is 30.8 Å². The van der Waals surface area contributed by atoms with E-state index in [0.717, 1.165) is 36.7 Å². The van der Waals surface area contributed by atoms with E-state index < -0.39 is 0 Å². The maximum atomic E-state index is 5.90. The van der Waals surface area contributed by atoms with Crippen molar-refractivity contribution in [3.8, 4) is 5.75 Å². The number of nitrogens with zero attached hydrogens (tertiary/aromatic N) is 3. The number of halogens is 1. The molecule has 2 aromatic carbocycles. The maximum Gasteiger partial charge on any atom is 0.244 e. The van der Waals surface area contributed by atoms with Crippen LogP contribution in [0.2, 0.25) is 5.02 Å². The molecule has 0 saturated carbocycles. The molecule has 140 valence electrons. The lowest BCUT2D eigenvalue weighted by Crippen LogP contribution is -2.12. The molecule has 7 heteroatoms. The van der Waals surface area contributed by atoms with E-state index in [1.807, 2.05) is 42.5 Å². The fourth-order valence-corrected chi connectivity index (χ4v) is 2.72. The van der Waals surface area contributed by atoms with E-state index in [1.54, 1.807) is 13.3 Å². The number of methoxy groups -OCH3 is 1. The van der Waals surface area contributed by atoms with Gasteiger partial charge in [-0.05, 0) is 48.2 Å². The van der Waals surface area contributed by atoms with Crippen LogP contribution >= 0.6 is 11.6 Å². The Morgan fingerprint density at radius 3 is 2.56 bits per heavy atom. The van der Waals surface area contributed by atoms with Crippen LogP contribution in [0.4, 0.5) is 11.8 Å². The fraction of sp³-hybridized carbons (Fsp3) is 0.250. The summed E-state index contributed by atoms with van der Waals surface area (Å²) in [5, 5.41) is 15.2. The van der Waals surface area contributed by atoms with E-state index in [4.69, 9.17) is 16.3 Å². The normalized spacial score (nSPS) is 10.4. The minimum atomic E-state index is 0.510. The highest BCUT2D eigenvalue weighted by Gasteiger charge is 2.02. The highest BCUT2D eigenvalue weighted by Crippen LogP contribution is 2.13. The molecule has 0 spiro atoms. The zero-order valence-electron chi connectivity index (χ0n) is 15.2. The smallest absolute Gasteiger partial charge is 0.244 e. The average Bonchev–Trinajstić information content (AvgIpc) is 2.70. The summed E-state index contributed by atoms with van der Waals surface area (Å²) in [6.45, 7) is 1.46. The number of hydrogen-bond donors (Lipinski definition) is 2. The quantitative estimate of drug-likeness (QED) is 0.585. The predicted octanol–water partition coefficient (Wildman–Crippen LogP) is 3.84. The Morgan fingerprint density at radius 2 is 1.74 bits per heavy atom. The molecular formula is C20H22ClN5O. The molecule has 3 rings (SSSR count). The number of benzene rings is 2. The lowest BCUT2D eigenvalue weighted by Gasteiger charge is -2.08. The van der Waals surface area contributed by atoms with E-state index in [2.05, 4.69) is 31.9 Å². The first-order valence-corrected chi connectivity index (χ1v) is 9.15. The third kappa shape index (κ3) is 6.11. The van der Waals surface area contributed by atoms with Crippen molar-refractivity contribution >= 4 is 23.4 Å². The molecule has 1 aromatic heterocycles. The van der Waals surface area contributed by atoms with Crippen molar-refractivity contribution in [1.82, 2.24) is 15.2 Å². The largest absolute Gasteiger partial charge is 0.497 e. The van der Waals surface area contributed by atoms with Gasteiger partial charge in [-0.25, -0.2) is 0 Å². The molecule has 0 amide bonds. The van der Waals surface area contributed by atoms with Crippen LogP contribution in [0.15, 0.2) is 54.7 Å². The van der Waals surface area contributed by atoms with Crippen LogP contribution < -0.4 is 15.4 Å². The van der Waals surface area contributed by atoms with Crippen LogP contribution in [-0.4, -0.2) is 35.4 Å². The Hall–Kier alpha value is -2.86. The highest BCUT2D eigenvalue weighted by atomic mass is 35.5. The second-order valence-corrected chi connectivity index (χ2v) is 6.43. The van der Waals surface area contributed by atoms with Crippen molar-refractivity contribution in [2.45, 2.75) is 12.8 Å². The van der Waals surface area contributed by atoms with E-state index in [9.17, 15) is 0 Å². The Balaban J connectivity index is 1.46. The number of aromatic nitrogens is 3. The summed E-state index contributed by atoms with van der Waals surface area (Å²) in [5.74, 6) is 2.07. The summed E-state index contributed by atoms with van der Waals surface area (Å²) in [6, 6.07) is 15.8. The molecule has 0 saturated heterocycles. The van der Waals surface area contributed by atoms with Gasteiger partial charge in [0, 0.05) is 18.1 Å². The van der Waals surface area contributed by atoms with Crippen LogP contribution in [0, 0.1) is 0 Å². The first-order valence-electron chi connectivity index (χ1n) is 8.78. The van der Waals surface area contributed by atoms with Gasteiger partial charge in [0.25, 0.3) is 0 Å². The highest BCUT2D eigenvalue weighted by molar-refractivity contribution is 6.30. The molecule has 0 fully saturated rings. The first-order chi connectivity index (χ1) is 13.2. The number of nitrogens with one attached hydrogen (secondary N) is 2. The van der Waals surface area contributed by atoms with Gasteiger partial charge in [0.2, 0.25) is 5.95 Å². The summed E-state index contributed by atoms with van der Waals surface area (Å²) in [4.78, 5) is 4.44. The zero-order chi connectivity index (χ0) is 18.9. The average molecular weight is 384 g/mol. The molecule has 0 atom stereocenters. The van der Waals surface area contributed by atoms with Gasteiger partial charge >= 0.3 is 0 Å². The van der Waals surface area contributed by atoms with Crippen molar-refractivity contribution < 1.29 is 4.74 Å². The van der Waals surface area contributed by atoms with Crippen LogP contribution in [0.5, 0.6) is 5.75 Å². The van der Waals surface area contributed by atoms with Gasteiger partial charge in [0.1, 0.15) is 5.75 Å². The molecule has 0 bridgehead atoms.